The van der Waals surface area contributed by atoms with Crippen molar-refractivity contribution < 1.29 is 48.3 Å². The van der Waals surface area contributed by atoms with E-state index in [-0.39, 0.29) is 13.0 Å². The lowest BCUT2D eigenvalue weighted by Gasteiger charge is -2.29. The van der Waals surface area contributed by atoms with E-state index in [4.69, 9.17) is 9.94 Å². The number of hydrogen-bond donors (Lipinski definition) is 5. The molecule has 0 heterocycles. The fraction of sp³-hybridized carbons (Fsp3) is 1.00. The van der Waals surface area contributed by atoms with E-state index in [0.717, 1.165) is 17.9 Å². The standard InChI is InChI=1S/C15H30F3NO7/c1-3-4-5-6-10(26-15(16,17)18)9-25-19(2)7-11(21)13(23)14(24)12(22)8-20/h10-14,20-24H,3-9H2,1-2H3. The van der Waals surface area contributed by atoms with Gasteiger partial charge in [-0.25, -0.2) is 0 Å². The molecule has 0 saturated carbocycles. The number of alkyl halides is 3. The molecule has 8 nitrogen and oxygen atoms in total. The quantitative estimate of drug-likeness (QED) is 0.203. The molecule has 0 saturated heterocycles. The van der Waals surface area contributed by atoms with E-state index in [2.05, 4.69) is 4.74 Å². The topological polar surface area (TPSA) is 123 Å². The summed E-state index contributed by atoms with van der Waals surface area (Å²) in [6.07, 6.45) is -10.5. The number of rotatable bonds is 14. The molecule has 0 rings (SSSR count). The normalized spacial score (nSPS) is 18.6. The monoisotopic (exact) mass is 393 g/mol. The molecule has 0 aromatic rings. The first-order valence-corrected chi connectivity index (χ1v) is 8.43. The van der Waals surface area contributed by atoms with Crippen LogP contribution < -0.4 is 0 Å². The van der Waals surface area contributed by atoms with E-state index < -0.39 is 50.1 Å². The summed E-state index contributed by atoms with van der Waals surface area (Å²) in [5.41, 5.74) is 0. The van der Waals surface area contributed by atoms with E-state index in [0.29, 0.717) is 6.42 Å². The van der Waals surface area contributed by atoms with Crippen molar-refractivity contribution in [2.75, 3.05) is 26.8 Å². The zero-order valence-corrected chi connectivity index (χ0v) is 15.0. The smallest absolute Gasteiger partial charge is 0.394 e. The summed E-state index contributed by atoms with van der Waals surface area (Å²) < 4.78 is 41.3. The van der Waals surface area contributed by atoms with Gasteiger partial charge in [-0.05, 0) is 6.42 Å². The van der Waals surface area contributed by atoms with Crippen LogP contribution in [-0.4, -0.2) is 94.3 Å². The molecule has 0 fully saturated rings. The van der Waals surface area contributed by atoms with Crippen molar-refractivity contribution in [1.29, 1.82) is 0 Å². The average Bonchev–Trinajstić information content (AvgIpc) is 2.56. The molecule has 5 atom stereocenters. The third-order valence-corrected chi connectivity index (χ3v) is 3.68. The second-order valence-electron chi connectivity index (χ2n) is 6.09. The SMILES string of the molecule is CCCCCC(CON(C)CC(O)C(O)C(O)C(O)CO)OC(F)(F)F. The van der Waals surface area contributed by atoms with Crippen molar-refractivity contribution in [3.05, 3.63) is 0 Å². The third-order valence-electron chi connectivity index (χ3n) is 3.68. The molecule has 0 radical (unpaired) electrons. The Hall–Kier alpha value is -0.530. The minimum atomic E-state index is -4.79. The molecular weight excluding hydrogens is 363 g/mol. The summed E-state index contributed by atoms with van der Waals surface area (Å²) in [6, 6.07) is 0. The van der Waals surface area contributed by atoms with Gasteiger partial charge >= 0.3 is 6.36 Å². The van der Waals surface area contributed by atoms with Gasteiger partial charge in [-0.15, -0.1) is 13.2 Å². The highest BCUT2D eigenvalue weighted by molar-refractivity contribution is 4.81. The predicted octanol–water partition coefficient (Wildman–Crippen LogP) is -0.229. The number of aliphatic hydroxyl groups excluding tert-OH is 5. The highest BCUT2D eigenvalue weighted by Gasteiger charge is 2.34. The molecule has 0 aromatic heterocycles. The molecular formula is C15H30F3NO7. The molecule has 0 aliphatic carbocycles. The summed E-state index contributed by atoms with van der Waals surface area (Å²) in [6.45, 7) is 0.332. The number of ether oxygens (including phenoxy) is 1. The van der Waals surface area contributed by atoms with Gasteiger partial charge in [-0.2, -0.15) is 5.06 Å². The van der Waals surface area contributed by atoms with E-state index in [9.17, 15) is 33.6 Å². The second-order valence-corrected chi connectivity index (χ2v) is 6.09. The first-order chi connectivity index (χ1) is 12.0. The molecule has 0 aliphatic rings. The first kappa shape index (κ1) is 25.5. The number of aliphatic hydroxyl groups is 5. The first-order valence-electron chi connectivity index (χ1n) is 8.43. The summed E-state index contributed by atoms with van der Waals surface area (Å²) >= 11 is 0. The third kappa shape index (κ3) is 11.2. The van der Waals surface area contributed by atoms with Crippen molar-refractivity contribution >= 4 is 0 Å². The van der Waals surface area contributed by atoms with Gasteiger partial charge in [0.05, 0.1) is 32.0 Å². The predicted molar refractivity (Wildman–Crippen MR) is 84.8 cm³/mol. The van der Waals surface area contributed by atoms with Crippen LogP contribution in [0.4, 0.5) is 13.2 Å². The van der Waals surface area contributed by atoms with Crippen molar-refractivity contribution in [1.82, 2.24) is 5.06 Å². The maximum Gasteiger partial charge on any atom is 0.522 e. The highest BCUT2D eigenvalue weighted by Crippen LogP contribution is 2.22. The Balaban J connectivity index is 4.45. The Morgan fingerprint density at radius 3 is 2.08 bits per heavy atom. The van der Waals surface area contributed by atoms with Crippen LogP contribution in [0, 0.1) is 0 Å². The van der Waals surface area contributed by atoms with E-state index in [1.54, 1.807) is 0 Å². The van der Waals surface area contributed by atoms with Gasteiger partial charge in [0.15, 0.2) is 0 Å². The van der Waals surface area contributed by atoms with Crippen molar-refractivity contribution in [2.45, 2.75) is 69.5 Å². The van der Waals surface area contributed by atoms with E-state index in [1.165, 1.54) is 7.05 Å². The van der Waals surface area contributed by atoms with Crippen LogP contribution in [0.1, 0.15) is 32.6 Å². The molecule has 158 valence electrons. The van der Waals surface area contributed by atoms with Gasteiger partial charge in [0.25, 0.3) is 0 Å². The molecule has 0 aliphatic heterocycles. The van der Waals surface area contributed by atoms with Crippen molar-refractivity contribution in [2.24, 2.45) is 0 Å². The Bertz CT molecular complexity index is 363. The van der Waals surface area contributed by atoms with E-state index >= 15 is 0 Å². The van der Waals surface area contributed by atoms with Gasteiger partial charge < -0.3 is 25.5 Å². The summed E-state index contributed by atoms with van der Waals surface area (Å²) in [7, 11) is 1.32. The molecule has 0 bridgehead atoms. The Morgan fingerprint density at radius 1 is 1.00 bits per heavy atom. The minimum absolute atomic E-state index is 0.147. The lowest BCUT2D eigenvalue weighted by Crippen LogP contribution is -2.49. The number of halogens is 3. The van der Waals surface area contributed by atoms with E-state index in [1.807, 2.05) is 6.92 Å². The van der Waals surface area contributed by atoms with Gasteiger partial charge in [0.2, 0.25) is 0 Å². The Kier molecular flexibility index (Phi) is 12.5. The lowest BCUT2D eigenvalue weighted by atomic mass is 10.0. The fourth-order valence-electron chi connectivity index (χ4n) is 2.18. The minimum Gasteiger partial charge on any atom is -0.394 e. The fourth-order valence-corrected chi connectivity index (χ4v) is 2.18. The summed E-state index contributed by atoms with van der Waals surface area (Å²) in [5, 5.41) is 47.9. The summed E-state index contributed by atoms with van der Waals surface area (Å²) in [5.74, 6) is 0. The molecule has 11 heteroatoms. The zero-order valence-electron chi connectivity index (χ0n) is 15.0. The largest absolute Gasteiger partial charge is 0.522 e. The van der Waals surface area contributed by atoms with Gasteiger partial charge in [-0.3, -0.25) is 9.57 Å². The molecule has 5 N–H and O–H groups in total. The van der Waals surface area contributed by atoms with Gasteiger partial charge in [0.1, 0.15) is 18.3 Å². The molecule has 26 heavy (non-hydrogen) atoms. The number of unbranched alkanes of at least 4 members (excludes halogenated alkanes) is 2. The molecule has 0 amide bonds. The van der Waals surface area contributed by atoms with Gasteiger partial charge in [-0.1, -0.05) is 26.2 Å². The summed E-state index contributed by atoms with van der Waals surface area (Å²) in [4.78, 5) is 5.11. The number of hydroxylamine groups is 2. The Morgan fingerprint density at radius 2 is 1.58 bits per heavy atom. The number of hydrogen-bond acceptors (Lipinski definition) is 8. The second kappa shape index (κ2) is 12.8. The molecule has 5 unspecified atom stereocenters. The van der Waals surface area contributed by atoms with Crippen LogP contribution in [0.3, 0.4) is 0 Å². The van der Waals surface area contributed by atoms with Crippen molar-refractivity contribution in [3.8, 4) is 0 Å². The highest BCUT2D eigenvalue weighted by atomic mass is 19.4. The maximum absolute atomic E-state index is 12.4. The molecule has 0 aromatic carbocycles. The van der Waals surface area contributed by atoms with Crippen LogP contribution in [0.15, 0.2) is 0 Å². The Labute approximate surface area is 150 Å². The number of likely N-dealkylation sites (N-methyl/N-ethyl adjacent to an activating group) is 1. The number of nitrogens with zero attached hydrogens (tertiary/aromatic N) is 1. The zero-order chi connectivity index (χ0) is 20.3. The van der Waals surface area contributed by atoms with Crippen LogP contribution in [-0.2, 0) is 9.57 Å². The van der Waals surface area contributed by atoms with Crippen molar-refractivity contribution in [3.63, 3.8) is 0 Å². The van der Waals surface area contributed by atoms with Crippen LogP contribution in [0.2, 0.25) is 0 Å². The molecule has 0 spiro atoms. The average molecular weight is 393 g/mol. The van der Waals surface area contributed by atoms with Gasteiger partial charge in [0, 0.05) is 7.05 Å². The lowest BCUT2D eigenvalue weighted by molar-refractivity contribution is -0.353. The van der Waals surface area contributed by atoms with Crippen LogP contribution in [0.5, 0.6) is 0 Å². The van der Waals surface area contributed by atoms with Crippen LogP contribution in [0.25, 0.3) is 0 Å². The maximum atomic E-state index is 12.4. The van der Waals surface area contributed by atoms with Crippen LogP contribution >= 0.6 is 0 Å².